The summed E-state index contributed by atoms with van der Waals surface area (Å²) >= 11 is 0. The van der Waals surface area contributed by atoms with Gasteiger partial charge in [0.25, 0.3) is 0 Å². The van der Waals surface area contributed by atoms with E-state index in [1.165, 1.54) is 10.9 Å². The minimum atomic E-state index is -1.22. The zero-order valence-electron chi connectivity index (χ0n) is 11.8. The highest BCUT2D eigenvalue weighted by molar-refractivity contribution is 5.94. The first-order chi connectivity index (χ1) is 9.97. The maximum atomic E-state index is 13.9. The highest BCUT2D eigenvalue weighted by Gasteiger charge is 2.22. The van der Waals surface area contributed by atoms with Crippen molar-refractivity contribution in [3.05, 3.63) is 41.6 Å². The van der Waals surface area contributed by atoms with Gasteiger partial charge in [-0.1, -0.05) is 13.8 Å². The molecule has 1 heterocycles. The molecule has 0 spiro atoms. The van der Waals surface area contributed by atoms with Crippen LogP contribution < -0.4 is 0 Å². The fourth-order valence-corrected chi connectivity index (χ4v) is 2.28. The second-order valence-electron chi connectivity index (χ2n) is 4.77. The lowest BCUT2D eigenvalue weighted by atomic mass is 10.1. The van der Waals surface area contributed by atoms with Crippen LogP contribution in [0.4, 0.5) is 8.78 Å². The molecule has 0 atom stereocenters. The second kappa shape index (κ2) is 6.03. The molecule has 1 aromatic heterocycles. The summed E-state index contributed by atoms with van der Waals surface area (Å²) in [5.41, 5.74) is -0.324. The van der Waals surface area contributed by atoms with E-state index in [-0.39, 0.29) is 22.9 Å². The summed E-state index contributed by atoms with van der Waals surface area (Å²) < 4.78 is 28.7. The first kappa shape index (κ1) is 15.2. The van der Waals surface area contributed by atoms with Gasteiger partial charge >= 0.3 is 5.97 Å². The first-order valence-electron chi connectivity index (χ1n) is 6.75. The van der Waals surface area contributed by atoms with Crippen LogP contribution in [0.5, 0.6) is 0 Å². The van der Waals surface area contributed by atoms with E-state index in [1.807, 2.05) is 13.8 Å². The number of hydrogen-bond donors (Lipinski definition) is 1. The number of nitrogens with zero attached hydrogens (tertiary/aromatic N) is 2. The lowest BCUT2D eigenvalue weighted by Crippen LogP contribution is -2.07. The molecular weight excluding hydrogens is 278 g/mol. The molecule has 0 aliphatic rings. The Hall–Kier alpha value is -2.24. The van der Waals surface area contributed by atoms with Crippen molar-refractivity contribution in [2.24, 2.45) is 0 Å². The van der Waals surface area contributed by atoms with Crippen LogP contribution in [0.15, 0.2) is 24.4 Å². The third-order valence-corrected chi connectivity index (χ3v) is 3.46. The van der Waals surface area contributed by atoms with Crippen molar-refractivity contribution in [2.45, 2.75) is 32.7 Å². The Morgan fingerprint density at radius 1 is 1.33 bits per heavy atom. The van der Waals surface area contributed by atoms with Crippen molar-refractivity contribution in [1.82, 2.24) is 9.78 Å². The van der Waals surface area contributed by atoms with Gasteiger partial charge in [0, 0.05) is 11.8 Å². The largest absolute Gasteiger partial charge is 0.478 e. The van der Waals surface area contributed by atoms with Crippen LogP contribution in [0.1, 0.15) is 43.1 Å². The van der Waals surface area contributed by atoms with Gasteiger partial charge in [0.1, 0.15) is 22.9 Å². The van der Waals surface area contributed by atoms with Gasteiger partial charge in [-0.3, -0.25) is 4.68 Å². The Labute approximate surface area is 121 Å². The molecule has 1 aromatic carbocycles. The van der Waals surface area contributed by atoms with Gasteiger partial charge in [-0.15, -0.1) is 0 Å². The zero-order valence-corrected chi connectivity index (χ0v) is 11.8. The van der Waals surface area contributed by atoms with Crippen LogP contribution >= 0.6 is 0 Å². The van der Waals surface area contributed by atoms with E-state index in [2.05, 4.69) is 5.10 Å². The van der Waals surface area contributed by atoms with Crippen LogP contribution in [0, 0.1) is 11.6 Å². The van der Waals surface area contributed by atoms with Crippen molar-refractivity contribution in [2.75, 3.05) is 0 Å². The molecule has 0 aliphatic carbocycles. The number of carboxylic acid groups (broad SMARTS) is 1. The van der Waals surface area contributed by atoms with Gasteiger partial charge in [-0.25, -0.2) is 13.6 Å². The average molecular weight is 294 g/mol. The van der Waals surface area contributed by atoms with Gasteiger partial charge in [0.05, 0.1) is 6.04 Å². The standard InChI is InChI=1S/C15H16F2N2O2/c1-3-10(4-2)19-8-12(15(20)21)14(18-19)11-7-9(16)5-6-13(11)17/h5-8,10H,3-4H2,1-2H3,(H,20,21). The smallest absolute Gasteiger partial charge is 0.339 e. The Kier molecular flexibility index (Phi) is 4.35. The van der Waals surface area contributed by atoms with Crippen LogP contribution in [-0.2, 0) is 0 Å². The van der Waals surface area contributed by atoms with E-state index in [9.17, 15) is 18.7 Å². The third-order valence-electron chi connectivity index (χ3n) is 3.46. The van der Waals surface area contributed by atoms with Crippen molar-refractivity contribution >= 4 is 5.97 Å². The molecule has 2 aromatic rings. The summed E-state index contributed by atoms with van der Waals surface area (Å²) in [4.78, 5) is 11.3. The van der Waals surface area contributed by atoms with Gasteiger partial charge in [0.2, 0.25) is 0 Å². The Bertz CT molecular complexity index is 664. The minimum Gasteiger partial charge on any atom is -0.478 e. The van der Waals surface area contributed by atoms with E-state index in [1.54, 1.807) is 0 Å². The van der Waals surface area contributed by atoms with Crippen LogP contribution in [0.2, 0.25) is 0 Å². The quantitative estimate of drug-likeness (QED) is 0.910. The van der Waals surface area contributed by atoms with E-state index < -0.39 is 17.6 Å². The minimum absolute atomic E-state index is 0.0217. The molecule has 0 radical (unpaired) electrons. The van der Waals surface area contributed by atoms with Gasteiger partial charge in [0.15, 0.2) is 0 Å². The van der Waals surface area contributed by atoms with Crippen molar-refractivity contribution < 1.29 is 18.7 Å². The molecular formula is C15H16F2N2O2. The topological polar surface area (TPSA) is 55.1 Å². The van der Waals surface area contributed by atoms with Gasteiger partial charge in [-0.05, 0) is 31.0 Å². The van der Waals surface area contributed by atoms with E-state index in [0.717, 1.165) is 31.0 Å². The Balaban J connectivity index is 2.61. The molecule has 2 rings (SSSR count). The number of carboxylic acids is 1. The van der Waals surface area contributed by atoms with Crippen molar-refractivity contribution in [1.29, 1.82) is 0 Å². The summed E-state index contributed by atoms with van der Waals surface area (Å²) in [7, 11) is 0. The third kappa shape index (κ3) is 2.94. The molecule has 0 aliphatic heterocycles. The van der Waals surface area contributed by atoms with Crippen LogP contribution in [-0.4, -0.2) is 20.9 Å². The number of hydrogen-bond acceptors (Lipinski definition) is 2. The molecule has 0 fully saturated rings. The molecule has 0 bridgehead atoms. The summed E-state index contributed by atoms with van der Waals surface area (Å²) in [6.45, 7) is 3.91. The second-order valence-corrected chi connectivity index (χ2v) is 4.77. The Morgan fingerprint density at radius 2 is 2.00 bits per heavy atom. The number of carbonyl (C=O) groups is 1. The number of aromatic nitrogens is 2. The molecule has 0 amide bonds. The molecule has 112 valence electrons. The highest BCUT2D eigenvalue weighted by Crippen LogP contribution is 2.28. The number of benzene rings is 1. The average Bonchev–Trinajstić information content (AvgIpc) is 2.88. The van der Waals surface area contributed by atoms with Crippen LogP contribution in [0.3, 0.4) is 0 Å². The predicted octanol–water partition coefficient (Wildman–Crippen LogP) is 3.89. The summed E-state index contributed by atoms with van der Waals surface area (Å²) in [6.07, 6.45) is 2.91. The molecule has 0 saturated heterocycles. The monoisotopic (exact) mass is 294 g/mol. The Morgan fingerprint density at radius 3 is 2.57 bits per heavy atom. The summed E-state index contributed by atoms with van der Waals surface area (Å²) in [5.74, 6) is -2.56. The van der Waals surface area contributed by atoms with E-state index in [4.69, 9.17) is 0 Å². The fraction of sp³-hybridized carbons (Fsp3) is 0.333. The molecule has 0 saturated carbocycles. The highest BCUT2D eigenvalue weighted by atomic mass is 19.1. The first-order valence-corrected chi connectivity index (χ1v) is 6.75. The van der Waals surface area contributed by atoms with Crippen molar-refractivity contribution in [3.63, 3.8) is 0 Å². The predicted molar refractivity (Wildman–Crippen MR) is 74.2 cm³/mol. The van der Waals surface area contributed by atoms with Crippen LogP contribution in [0.25, 0.3) is 11.3 Å². The van der Waals surface area contributed by atoms with Gasteiger partial charge in [-0.2, -0.15) is 5.10 Å². The fourth-order valence-electron chi connectivity index (χ4n) is 2.28. The van der Waals surface area contributed by atoms with Crippen molar-refractivity contribution in [3.8, 4) is 11.3 Å². The zero-order chi connectivity index (χ0) is 15.6. The molecule has 0 unspecified atom stereocenters. The lowest BCUT2D eigenvalue weighted by Gasteiger charge is -2.12. The number of aromatic carboxylic acids is 1. The normalized spacial score (nSPS) is 11.1. The van der Waals surface area contributed by atoms with Gasteiger partial charge < -0.3 is 5.11 Å². The van der Waals surface area contributed by atoms with E-state index in [0.29, 0.717) is 0 Å². The maximum Gasteiger partial charge on any atom is 0.339 e. The lowest BCUT2D eigenvalue weighted by molar-refractivity contribution is 0.0697. The molecule has 1 N–H and O–H groups in total. The van der Waals surface area contributed by atoms with E-state index >= 15 is 0 Å². The molecule has 21 heavy (non-hydrogen) atoms. The number of rotatable bonds is 5. The summed E-state index contributed by atoms with van der Waals surface area (Å²) in [6, 6.07) is 2.93. The SMILES string of the molecule is CCC(CC)n1cc(C(=O)O)c(-c2cc(F)ccc2F)n1. The molecule has 4 nitrogen and oxygen atoms in total. The molecule has 6 heteroatoms. The number of halogens is 2. The maximum absolute atomic E-state index is 13.9. The summed E-state index contributed by atoms with van der Waals surface area (Å²) in [5, 5.41) is 13.4.